The molecule has 20 heavy (non-hydrogen) atoms. The molecule has 1 fully saturated rings. The van der Waals surface area contributed by atoms with Gasteiger partial charge < -0.3 is 5.11 Å². The topological polar surface area (TPSA) is 23.5 Å². The maximum Gasteiger partial charge on any atom is 0.0604 e. The molecular weight excluding hydrogens is 246 g/mol. The molecule has 1 aliphatic rings. The van der Waals surface area contributed by atoms with Crippen molar-refractivity contribution >= 4 is 0 Å². The van der Waals surface area contributed by atoms with E-state index in [1.807, 2.05) is 0 Å². The second-order valence-corrected chi connectivity index (χ2v) is 5.60. The Morgan fingerprint density at radius 1 is 1.00 bits per heavy atom. The molecule has 2 heteroatoms. The summed E-state index contributed by atoms with van der Waals surface area (Å²) in [7, 11) is 0. The lowest BCUT2D eigenvalue weighted by atomic mass is 9.84. The average molecular weight is 267 g/mol. The number of nitrogens with zero attached hydrogens (tertiary/aromatic N) is 1. The Hall–Kier alpha value is -1.64. The number of benzene rings is 2. The molecule has 2 aromatic rings. The number of hydrogen-bond donors (Lipinski definition) is 1. The molecule has 0 unspecified atom stereocenters. The number of rotatable bonds is 4. The molecule has 0 saturated carbocycles. The Balaban J connectivity index is 1.94. The van der Waals surface area contributed by atoms with Crippen molar-refractivity contribution in [2.45, 2.75) is 19.0 Å². The molecule has 0 spiro atoms. The lowest BCUT2D eigenvalue weighted by molar-refractivity contribution is -0.0278. The highest BCUT2D eigenvalue weighted by Gasteiger charge is 2.40. The van der Waals surface area contributed by atoms with Crippen molar-refractivity contribution in [3.63, 3.8) is 0 Å². The highest BCUT2D eigenvalue weighted by Crippen LogP contribution is 2.38. The fourth-order valence-electron chi connectivity index (χ4n) is 3.12. The zero-order valence-corrected chi connectivity index (χ0v) is 11.8. The van der Waals surface area contributed by atoms with Crippen molar-refractivity contribution in [1.29, 1.82) is 0 Å². The molecule has 104 valence electrons. The van der Waals surface area contributed by atoms with Crippen LogP contribution in [0.4, 0.5) is 0 Å². The molecule has 0 amide bonds. The van der Waals surface area contributed by atoms with Gasteiger partial charge in [-0.25, -0.2) is 0 Å². The van der Waals surface area contributed by atoms with E-state index in [1.165, 1.54) is 11.1 Å². The van der Waals surface area contributed by atoms with Crippen molar-refractivity contribution in [2.75, 3.05) is 13.2 Å². The Bertz CT molecular complexity index is 500. The van der Waals surface area contributed by atoms with Gasteiger partial charge in [0.15, 0.2) is 0 Å². The molecule has 1 aliphatic heterocycles. The zero-order valence-electron chi connectivity index (χ0n) is 11.8. The third kappa shape index (κ3) is 2.37. The highest BCUT2D eigenvalue weighted by atomic mass is 16.3. The molecule has 0 aliphatic carbocycles. The lowest BCUT2D eigenvalue weighted by Gasteiger charge is -2.50. The van der Waals surface area contributed by atoms with Crippen LogP contribution in [0.1, 0.15) is 24.1 Å². The van der Waals surface area contributed by atoms with Crippen molar-refractivity contribution < 1.29 is 5.11 Å². The number of likely N-dealkylation sites (tertiary alicyclic amines) is 1. The van der Waals surface area contributed by atoms with Crippen molar-refractivity contribution in [1.82, 2.24) is 4.90 Å². The smallest absolute Gasteiger partial charge is 0.0604 e. The predicted octanol–water partition coefficient (Wildman–Crippen LogP) is 3.09. The minimum atomic E-state index is 0.286. The summed E-state index contributed by atoms with van der Waals surface area (Å²) in [5, 5.41) is 9.37. The Labute approximate surface area is 120 Å². The lowest BCUT2D eigenvalue weighted by Crippen LogP contribution is -2.57. The first-order valence-electron chi connectivity index (χ1n) is 7.27. The van der Waals surface area contributed by atoms with E-state index < -0.39 is 0 Å². The second kappa shape index (κ2) is 5.78. The van der Waals surface area contributed by atoms with Crippen LogP contribution in [0.2, 0.25) is 0 Å². The van der Waals surface area contributed by atoms with Gasteiger partial charge in [0, 0.05) is 25.1 Å². The average Bonchev–Trinajstić information content (AvgIpc) is 2.52. The summed E-state index contributed by atoms with van der Waals surface area (Å²) in [6.07, 6.45) is 0. The molecule has 2 atom stereocenters. The third-order valence-electron chi connectivity index (χ3n) is 4.45. The quantitative estimate of drug-likeness (QED) is 0.920. The largest absolute Gasteiger partial charge is 0.396 e. The van der Waals surface area contributed by atoms with E-state index in [0.29, 0.717) is 12.0 Å². The van der Waals surface area contributed by atoms with Gasteiger partial charge in [0.2, 0.25) is 0 Å². The molecule has 1 N–H and O–H groups in total. The Morgan fingerprint density at radius 3 is 1.90 bits per heavy atom. The van der Waals surface area contributed by atoms with Crippen molar-refractivity contribution in [3.8, 4) is 0 Å². The summed E-state index contributed by atoms with van der Waals surface area (Å²) >= 11 is 0. The maximum absolute atomic E-state index is 9.37. The molecular formula is C18H21NO. The summed E-state index contributed by atoms with van der Waals surface area (Å²) in [6, 6.07) is 22.0. The van der Waals surface area contributed by atoms with Gasteiger partial charge in [-0.2, -0.15) is 0 Å². The molecule has 0 bridgehead atoms. The van der Waals surface area contributed by atoms with Gasteiger partial charge in [-0.05, 0) is 18.1 Å². The van der Waals surface area contributed by atoms with Gasteiger partial charge in [-0.3, -0.25) is 4.90 Å². The first-order chi connectivity index (χ1) is 9.81. The van der Waals surface area contributed by atoms with E-state index in [4.69, 9.17) is 0 Å². The van der Waals surface area contributed by atoms with Crippen LogP contribution in [0.25, 0.3) is 0 Å². The number of hydrogen-bond acceptors (Lipinski definition) is 2. The van der Waals surface area contributed by atoms with Crippen molar-refractivity contribution in [3.05, 3.63) is 71.8 Å². The molecule has 3 rings (SSSR count). The first-order valence-corrected chi connectivity index (χ1v) is 7.27. The second-order valence-electron chi connectivity index (χ2n) is 5.60. The standard InChI is InChI=1S/C18H21NO/c1-14-17(13-20)12-19(14)18(15-8-4-2-5-9-15)16-10-6-3-7-11-16/h2-11,14,17-18,20H,12-13H2,1H3/t14-,17+/m1/s1. The summed E-state index contributed by atoms with van der Waals surface area (Å²) in [6.45, 7) is 3.46. The van der Waals surface area contributed by atoms with Crippen LogP contribution in [0.15, 0.2) is 60.7 Å². The summed E-state index contributed by atoms with van der Waals surface area (Å²) in [5.74, 6) is 0.407. The van der Waals surface area contributed by atoms with E-state index in [9.17, 15) is 5.11 Å². The zero-order chi connectivity index (χ0) is 13.9. The van der Waals surface area contributed by atoms with E-state index in [-0.39, 0.29) is 12.6 Å². The maximum atomic E-state index is 9.37. The first kappa shape index (κ1) is 13.3. The molecule has 0 aromatic heterocycles. The van der Waals surface area contributed by atoms with Gasteiger partial charge in [0.05, 0.1) is 6.04 Å². The van der Waals surface area contributed by atoms with Gasteiger partial charge >= 0.3 is 0 Å². The van der Waals surface area contributed by atoms with E-state index in [2.05, 4.69) is 72.5 Å². The molecule has 1 heterocycles. The summed E-state index contributed by atoms with van der Waals surface area (Å²) in [4.78, 5) is 2.48. The number of aliphatic hydroxyl groups excluding tert-OH is 1. The highest BCUT2D eigenvalue weighted by molar-refractivity contribution is 5.32. The van der Waals surface area contributed by atoms with Crippen LogP contribution < -0.4 is 0 Å². The van der Waals surface area contributed by atoms with Gasteiger partial charge in [0.25, 0.3) is 0 Å². The fourth-order valence-corrected chi connectivity index (χ4v) is 3.12. The van der Waals surface area contributed by atoms with Gasteiger partial charge in [-0.15, -0.1) is 0 Å². The molecule has 2 aromatic carbocycles. The van der Waals surface area contributed by atoms with Crippen LogP contribution in [-0.4, -0.2) is 29.2 Å². The van der Waals surface area contributed by atoms with Crippen LogP contribution >= 0.6 is 0 Å². The van der Waals surface area contributed by atoms with Crippen LogP contribution in [0.3, 0.4) is 0 Å². The van der Waals surface area contributed by atoms with Gasteiger partial charge in [-0.1, -0.05) is 60.7 Å². The third-order valence-corrected chi connectivity index (χ3v) is 4.45. The van der Waals surface area contributed by atoms with Crippen molar-refractivity contribution in [2.24, 2.45) is 5.92 Å². The van der Waals surface area contributed by atoms with E-state index in [0.717, 1.165) is 6.54 Å². The minimum absolute atomic E-state index is 0.286. The molecule has 0 radical (unpaired) electrons. The fraction of sp³-hybridized carbons (Fsp3) is 0.333. The minimum Gasteiger partial charge on any atom is -0.396 e. The van der Waals surface area contributed by atoms with E-state index in [1.54, 1.807) is 0 Å². The van der Waals surface area contributed by atoms with Crippen LogP contribution in [0.5, 0.6) is 0 Å². The van der Waals surface area contributed by atoms with Crippen LogP contribution in [0, 0.1) is 5.92 Å². The predicted molar refractivity (Wildman–Crippen MR) is 81.5 cm³/mol. The van der Waals surface area contributed by atoms with E-state index >= 15 is 0 Å². The molecule has 1 saturated heterocycles. The SMILES string of the molecule is C[C@@H]1[C@H](CO)CN1C(c1ccccc1)c1ccccc1. The van der Waals surface area contributed by atoms with Gasteiger partial charge in [0.1, 0.15) is 0 Å². The Morgan fingerprint density at radius 2 is 1.50 bits per heavy atom. The number of aliphatic hydroxyl groups is 1. The normalized spacial score (nSPS) is 22.8. The Kier molecular flexibility index (Phi) is 3.86. The van der Waals surface area contributed by atoms with Crippen LogP contribution in [-0.2, 0) is 0 Å². The summed E-state index contributed by atoms with van der Waals surface area (Å²) in [5.41, 5.74) is 2.64. The monoisotopic (exact) mass is 267 g/mol. The summed E-state index contributed by atoms with van der Waals surface area (Å²) < 4.78 is 0. The molecule has 2 nitrogen and oxygen atoms in total.